The van der Waals surface area contributed by atoms with E-state index < -0.39 is 30.0 Å². The minimum absolute atomic E-state index is 0.105. The number of piperidine rings is 1. The number of carbonyl (C=O) groups is 3. The van der Waals surface area contributed by atoms with Crippen LogP contribution in [0.1, 0.15) is 18.4 Å². The van der Waals surface area contributed by atoms with Gasteiger partial charge in [0.1, 0.15) is 17.9 Å². The predicted octanol–water partition coefficient (Wildman–Crippen LogP) is 2.60. The first-order chi connectivity index (χ1) is 18.5. The summed E-state index contributed by atoms with van der Waals surface area (Å²) in [5, 5.41) is 16.4. The molecule has 1 aromatic carbocycles. The van der Waals surface area contributed by atoms with Gasteiger partial charge in [0, 0.05) is 32.0 Å². The van der Waals surface area contributed by atoms with Gasteiger partial charge in [-0.3, -0.25) is 24.7 Å². The van der Waals surface area contributed by atoms with Crippen LogP contribution in [-0.2, 0) is 14.4 Å². The normalized spacial score (nSPS) is 21.6. The summed E-state index contributed by atoms with van der Waals surface area (Å²) in [5.41, 5.74) is 4.14. The van der Waals surface area contributed by atoms with Crippen molar-refractivity contribution in [1.82, 2.24) is 20.3 Å². The molecule has 4 rings (SSSR count). The molecule has 2 aliphatic rings. The Bertz CT molecular complexity index is 1160. The van der Waals surface area contributed by atoms with E-state index in [1.54, 1.807) is 34.9 Å². The number of nitrogens with zero attached hydrogens (tertiary/aromatic N) is 3. The Morgan fingerprint density at radius 3 is 2.28 bits per heavy atom. The topological polar surface area (TPSA) is 132 Å². The summed E-state index contributed by atoms with van der Waals surface area (Å²) in [5.74, 6) is -3.51. The molecular weight excluding hydrogens is 521 g/mol. The number of nitrogens with one attached hydrogen (secondary N) is 1. The molecule has 0 radical (unpaired) electrons. The average molecular weight is 551 g/mol. The third-order valence-corrected chi connectivity index (χ3v) is 6.42. The highest BCUT2D eigenvalue weighted by molar-refractivity contribution is 5.90. The number of pyridine rings is 1. The number of ether oxygens (including phenoxy) is 1. The van der Waals surface area contributed by atoms with Crippen LogP contribution in [0.5, 0.6) is 5.75 Å². The molecular formula is C26H29F3N4O6. The zero-order valence-corrected chi connectivity index (χ0v) is 21.0. The maximum Gasteiger partial charge on any atom is 0.490 e. The fraction of sp³-hybridized carbons (Fsp3) is 0.385. The standard InChI is InChI=1S/C24H28N4O4.C2HF3O2/c1-27-16-20(32-19-7-11-25-12-8-19)15-21(23(29)26-31)22(27)24(30)28-13-9-18(10-14-28)17-5-3-2-4-6-17;3-2(4,5)1(6)7/h2-9,11-12,20-22,31H,10,13-16H2,1H3,(H,26,29);(H,6,7)/t20-,21-,22-;/m0./s1. The van der Waals surface area contributed by atoms with Crippen molar-refractivity contribution in [2.24, 2.45) is 5.92 Å². The van der Waals surface area contributed by atoms with Crippen LogP contribution in [0.2, 0.25) is 0 Å². The molecule has 0 aliphatic carbocycles. The van der Waals surface area contributed by atoms with E-state index >= 15 is 0 Å². The molecule has 2 aromatic rings. The van der Waals surface area contributed by atoms with E-state index in [9.17, 15) is 28.0 Å². The van der Waals surface area contributed by atoms with Gasteiger partial charge in [-0.1, -0.05) is 36.4 Å². The quantitative estimate of drug-likeness (QED) is 0.383. The van der Waals surface area contributed by atoms with Crippen molar-refractivity contribution in [3.05, 3.63) is 66.5 Å². The van der Waals surface area contributed by atoms with Crippen LogP contribution in [0.15, 0.2) is 60.9 Å². The number of likely N-dealkylation sites (N-methyl/N-ethyl adjacent to an activating group) is 1. The summed E-state index contributed by atoms with van der Waals surface area (Å²) in [6, 6.07) is 13.0. The number of hydrogen-bond donors (Lipinski definition) is 3. The number of hydroxylamine groups is 1. The van der Waals surface area contributed by atoms with Gasteiger partial charge in [-0.2, -0.15) is 13.2 Å². The predicted molar refractivity (Wildman–Crippen MR) is 132 cm³/mol. The number of halogens is 3. The molecule has 10 nitrogen and oxygen atoms in total. The molecule has 0 saturated carbocycles. The second-order valence-electron chi connectivity index (χ2n) is 9.06. The minimum Gasteiger partial charge on any atom is -0.489 e. The third kappa shape index (κ3) is 8.01. The first-order valence-corrected chi connectivity index (χ1v) is 12.1. The zero-order valence-electron chi connectivity index (χ0n) is 21.0. The maximum absolute atomic E-state index is 13.4. The summed E-state index contributed by atoms with van der Waals surface area (Å²) >= 11 is 0. The largest absolute Gasteiger partial charge is 0.490 e. The zero-order chi connectivity index (χ0) is 28.6. The van der Waals surface area contributed by atoms with Crippen molar-refractivity contribution in [3.8, 4) is 5.75 Å². The van der Waals surface area contributed by atoms with Gasteiger partial charge in [0.15, 0.2) is 0 Å². The van der Waals surface area contributed by atoms with Crippen molar-refractivity contribution in [1.29, 1.82) is 0 Å². The van der Waals surface area contributed by atoms with Crippen molar-refractivity contribution in [3.63, 3.8) is 0 Å². The molecule has 0 spiro atoms. The van der Waals surface area contributed by atoms with Crippen LogP contribution in [0.4, 0.5) is 13.2 Å². The summed E-state index contributed by atoms with van der Waals surface area (Å²) < 4.78 is 37.7. The minimum atomic E-state index is -5.08. The maximum atomic E-state index is 13.4. The van der Waals surface area contributed by atoms with Crippen LogP contribution in [0.25, 0.3) is 5.57 Å². The van der Waals surface area contributed by atoms with Gasteiger partial charge in [0.05, 0.1) is 5.92 Å². The van der Waals surface area contributed by atoms with Crippen LogP contribution >= 0.6 is 0 Å². The number of carbonyl (C=O) groups excluding carboxylic acids is 2. The van der Waals surface area contributed by atoms with E-state index in [4.69, 9.17) is 14.6 Å². The second-order valence-corrected chi connectivity index (χ2v) is 9.06. The average Bonchev–Trinajstić information content (AvgIpc) is 2.93. The highest BCUT2D eigenvalue weighted by Gasteiger charge is 2.45. The molecule has 3 atom stereocenters. The van der Waals surface area contributed by atoms with Crippen LogP contribution in [-0.4, -0.2) is 87.9 Å². The molecule has 2 amide bonds. The fourth-order valence-corrected chi connectivity index (χ4v) is 4.59. The first kappa shape index (κ1) is 29.6. The highest BCUT2D eigenvalue weighted by atomic mass is 19.4. The van der Waals surface area contributed by atoms with E-state index in [1.807, 2.05) is 30.1 Å². The van der Waals surface area contributed by atoms with Crippen molar-refractivity contribution >= 4 is 23.4 Å². The number of aromatic nitrogens is 1. The molecule has 1 saturated heterocycles. The van der Waals surface area contributed by atoms with Gasteiger partial charge in [0.2, 0.25) is 11.8 Å². The highest BCUT2D eigenvalue weighted by Crippen LogP contribution is 2.29. The molecule has 2 aliphatic heterocycles. The molecule has 0 unspecified atom stereocenters. The third-order valence-electron chi connectivity index (χ3n) is 6.42. The lowest BCUT2D eigenvalue weighted by atomic mass is 9.86. The summed E-state index contributed by atoms with van der Waals surface area (Å²) in [6.45, 7) is 1.58. The fourth-order valence-electron chi connectivity index (χ4n) is 4.59. The monoisotopic (exact) mass is 550 g/mol. The summed E-state index contributed by atoms with van der Waals surface area (Å²) in [7, 11) is 1.82. The number of carboxylic acid groups (broad SMARTS) is 1. The number of hydrogen-bond acceptors (Lipinski definition) is 7. The number of benzene rings is 1. The Balaban J connectivity index is 0.000000532. The van der Waals surface area contributed by atoms with E-state index in [0.29, 0.717) is 31.8 Å². The van der Waals surface area contributed by atoms with Crippen LogP contribution < -0.4 is 10.2 Å². The Morgan fingerprint density at radius 1 is 1.10 bits per heavy atom. The molecule has 39 heavy (non-hydrogen) atoms. The van der Waals surface area contributed by atoms with Crippen molar-refractivity contribution in [2.45, 2.75) is 31.2 Å². The van der Waals surface area contributed by atoms with Gasteiger partial charge in [0.25, 0.3) is 0 Å². The molecule has 3 N–H and O–H groups in total. The summed E-state index contributed by atoms with van der Waals surface area (Å²) in [4.78, 5) is 42.5. The van der Waals surface area contributed by atoms with Gasteiger partial charge in [-0.25, -0.2) is 10.3 Å². The second kappa shape index (κ2) is 13.2. The number of amides is 2. The smallest absolute Gasteiger partial charge is 0.489 e. The number of rotatable bonds is 5. The molecule has 0 bridgehead atoms. The lowest BCUT2D eigenvalue weighted by Crippen LogP contribution is -2.60. The van der Waals surface area contributed by atoms with E-state index in [1.165, 1.54) is 11.1 Å². The Kier molecular flexibility index (Phi) is 10.0. The number of likely N-dealkylation sites (tertiary alicyclic amines) is 1. The number of carboxylic acids is 1. The lowest BCUT2D eigenvalue weighted by Gasteiger charge is -2.43. The Morgan fingerprint density at radius 2 is 1.74 bits per heavy atom. The van der Waals surface area contributed by atoms with Crippen LogP contribution in [0, 0.1) is 5.92 Å². The Labute approximate surface area is 222 Å². The molecule has 210 valence electrons. The Hall–Kier alpha value is -3.97. The van der Waals surface area contributed by atoms with E-state index in [-0.39, 0.29) is 12.0 Å². The van der Waals surface area contributed by atoms with Gasteiger partial charge in [-0.15, -0.1) is 0 Å². The van der Waals surface area contributed by atoms with E-state index in [2.05, 4.69) is 23.2 Å². The molecule has 3 heterocycles. The lowest BCUT2D eigenvalue weighted by molar-refractivity contribution is -0.192. The molecule has 1 fully saturated rings. The van der Waals surface area contributed by atoms with E-state index in [0.717, 1.165) is 6.42 Å². The van der Waals surface area contributed by atoms with Crippen molar-refractivity contribution in [2.75, 3.05) is 26.7 Å². The first-order valence-electron chi connectivity index (χ1n) is 12.1. The SMILES string of the molecule is CN1C[C@@H](Oc2ccncc2)C[C@H](C(=O)NO)[C@H]1C(=O)N1CC=C(c2ccccc2)CC1.O=C(O)C(F)(F)F. The van der Waals surface area contributed by atoms with Gasteiger partial charge in [-0.05, 0) is 43.2 Å². The van der Waals surface area contributed by atoms with Gasteiger partial charge < -0.3 is 14.7 Å². The number of aliphatic carboxylic acids is 1. The van der Waals surface area contributed by atoms with Crippen LogP contribution in [0.3, 0.4) is 0 Å². The molecule has 1 aromatic heterocycles. The summed E-state index contributed by atoms with van der Waals surface area (Å²) in [6.07, 6.45) is 1.07. The number of alkyl halides is 3. The van der Waals surface area contributed by atoms with Crippen molar-refractivity contribution < 1.29 is 42.6 Å². The van der Waals surface area contributed by atoms with Gasteiger partial charge >= 0.3 is 12.1 Å². The molecule has 13 heteroatoms.